The molecule has 0 aliphatic carbocycles. The standard InChI is InChI=1S/C5HCl4NOS/c6-1-3(12)2(7)5(9)10(11)4(1)8/h11H. The van der Waals surface area contributed by atoms with Gasteiger partial charge in [0, 0.05) is 0 Å². The third kappa shape index (κ3) is 1.52. The molecule has 0 saturated carbocycles. The van der Waals surface area contributed by atoms with Crippen LogP contribution in [0.5, 0.6) is 0 Å². The first-order valence-electron chi connectivity index (χ1n) is 2.61. The van der Waals surface area contributed by atoms with Crippen LogP contribution in [0.4, 0.5) is 0 Å². The molecule has 1 N–H and O–H groups in total. The summed E-state index contributed by atoms with van der Waals surface area (Å²) in [4.78, 5) is 0. The third-order valence-electron chi connectivity index (χ3n) is 1.13. The Balaban J connectivity index is 3.73. The minimum Gasteiger partial charge on any atom is -0.426 e. The minimum absolute atomic E-state index is 0.00330. The molecule has 0 aliphatic rings. The molecule has 1 aromatic rings. The molecule has 2 nitrogen and oxygen atoms in total. The van der Waals surface area contributed by atoms with Crippen molar-refractivity contribution in [2.45, 2.75) is 0 Å². The molecule has 0 fully saturated rings. The average Bonchev–Trinajstić information content (AvgIpc) is 2.08. The van der Waals surface area contributed by atoms with Crippen LogP contribution >= 0.6 is 58.6 Å². The van der Waals surface area contributed by atoms with Crippen LogP contribution in [-0.4, -0.2) is 9.94 Å². The highest BCUT2D eigenvalue weighted by Gasteiger charge is 2.13. The lowest BCUT2D eigenvalue weighted by Gasteiger charge is -2.06. The van der Waals surface area contributed by atoms with Gasteiger partial charge < -0.3 is 5.21 Å². The van der Waals surface area contributed by atoms with Gasteiger partial charge in [0.15, 0.2) is 10.3 Å². The Bertz CT molecular complexity index is 356. The number of nitrogens with zero attached hydrogens (tertiary/aromatic N) is 1. The number of pyridine rings is 1. The molecule has 0 amide bonds. The van der Waals surface area contributed by atoms with E-state index in [0.717, 1.165) is 0 Å². The molecule has 12 heavy (non-hydrogen) atoms. The maximum atomic E-state index is 9.13. The maximum absolute atomic E-state index is 9.13. The summed E-state index contributed by atoms with van der Waals surface area (Å²) in [5.41, 5.74) is 0. The average molecular weight is 265 g/mol. The van der Waals surface area contributed by atoms with Crippen molar-refractivity contribution in [3.8, 4) is 0 Å². The van der Waals surface area contributed by atoms with Crippen LogP contribution in [0.2, 0.25) is 20.4 Å². The molecule has 0 saturated heterocycles. The topological polar surface area (TPSA) is 25.2 Å². The maximum Gasteiger partial charge on any atom is 0.167 e. The minimum atomic E-state index is -0.156. The second-order valence-electron chi connectivity index (χ2n) is 1.85. The summed E-state index contributed by atoms with van der Waals surface area (Å²) < 4.78 is 0.586. The van der Waals surface area contributed by atoms with Crippen LogP contribution in [0.15, 0.2) is 0 Å². The molecule has 1 aromatic heterocycles. The fraction of sp³-hybridized carbons (Fsp3) is 0. The Morgan fingerprint density at radius 2 is 1.33 bits per heavy atom. The first-order chi connectivity index (χ1) is 5.46. The molecule has 66 valence electrons. The zero-order valence-electron chi connectivity index (χ0n) is 5.31. The highest BCUT2D eigenvalue weighted by molar-refractivity contribution is 7.71. The van der Waals surface area contributed by atoms with Crippen LogP contribution in [-0.2, 0) is 0 Å². The van der Waals surface area contributed by atoms with Crippen LogP contribution in [0.1, 0.15) is 0 Å². The highest BCUT2D eigenvalue weighted by Crippen LogP contribution is 2.32. The Morgan fingerprint density at radius 1 is 1.00 bits per heavy atom. The van der Waals surface area contributed by atoms with Crippen molar-refractivity contribution in [3.63, 3.8) is 0 Å². The van der Waals surface area contributed by atoms with Gasteiger partial charge in [-0.15, -0.1) is 0 Å². The van der Waals surface area contributed by atoms with Gasteiger partial charge in [0.1, 0.15) is 0 Å². The number of halogens is 4. The molecular formula is C5HCl4NOS. The highest BCUT2D eigenvalue weighted by atomic mass is 35.5. The van der Waals surface area contributed by atoms with E-state index >= 15 is 0 Å². The zero-order chi connectivity index (χ0) is 9.46. The van der Waals surface area contributed by atoms with Crippen molar-refractivity contribution in [2.24, 2.45) is 0 Å². The molecule has 0 radical (unpaired) electrons. The molecule has 1 heterocycles. The smallest absolute Gasteiger partial charge is 0.167 e. The van der Waals surface area contributed by atoms with Crippen LogP contribution < -0.4 is 0 Å². The summed E-state index contributed by atoms with van der Waals surface area (Å²) in [6.45, 7) is 0. The first-order valence-corrected chi connectivity index (χ1v) is 4.53. The van der Waals surface area contributed by atoms with Gasteiger partial charge in [-0.2, -0.15) is 4.73 Å². The molecule has 0 aliphatic heterocycles. The number of hydrogen-bond acceptors (Lipinski definition) is 2. The Labute approximate surface area is 93.2 Å². The monoisotopic (exact) mass is 263 g/mol. The van der Waals surface area contributed by atoms with Gasteiger partial charge in [-0.25, -0.2) is 0 Å². The van der Waals surface area contributed by atoms with Gasteiger partial charge in [-0.05, 0) is 0 Å². The molecule has 1 rings (SSSR count). The predicted octanol–water partition coefficient (Wildman–Crippen LogP) is 4.07. The largest absolute Gasteiger partial charge is 0.426 e. The van der Waals surface area contributed by atoms with E-state index in [-0.39, 0.29) is 24.9 Å². The van der Waals surface area contributed by atoms with Crippen LogP contribution in [0.3, 0.4) is 0 Å². The summed E-state index contributed by atoms with van der Waals surface area (Å²) in [6, 6.07) is 0. The Kier molecular flexibility index (Phi) is 3.12. The molecule has 7 heteroatoms. The summed E-state index contributed by atoms with van der Waals surface area (Å²) >= 11 is 27.0. The van der Waals surface area contributed by atoms with Gasteiger partial charge in [-0.3, -0.25) is 0 Å². The zero-order valence-corrected chi connectivity index (χ0v) is 9.15. The van der Waals surface area contributed by atoms with E-state index in [1.165, 1.54) is 0 Å². The molecule has 0 aromatic carbocycles. The van der Waals surface area contributed by atoms with Crippen molar-refractivity contribution in [1.29, 1.82) is 0 Å². The Hall–Kier alpha value is 0.330. The lowest BCUT2D eigenvalue weighted by atomic mass is 10.5. The molecule has 0 bridgehead atoms. The van der Waals surface area contributed by atoms with E-state index in [9.17, 15) is 0 Å². The van der Waals surface area contributed by atoms with E-state index < -0.39 is 0 Å². The number of hydrogen-bond donors (Lipinski definition) is 1. The lowest BCUT2D eigenvalue weighted by molar-refractivity contribution is 0.186. The SMILES string of the molecule is On1c(Cl)c(Cl)c(=S)c(Cl)c1Cl. The van der Waals surface area contributed by atoms with Crippen molar-refractivity contribution < 1.29 is 5.21 Å². The van der Waals surface area contributed by atoms with Gasteiger partial charge >= 0.3 is 0 Å². The van der Waals surface area contributed by atoms with E-state index in [1.807, 2.05) is 0 Å². The summed E-state index contributed by atoms with van der Waals surface area (Å²) in [5, 5.41) is 8.82. The third-order valence-corrected chi connectivity index (χ3v) is 3.39. The fourth-order valence-corrected chi connectivity index (χ4v) is 1.66. The quantitative estimate of drug-likeness (QED) is 0.434. The fourth-order valence-electron chi connectivity index (χ4n) is 0.556. The summed E-state index contributed by atoms with van der Waals surface area (Å²) in [6.07, 6.45) is 0. The van der Waals surface area contributed by atoms with Gasteiger partial charge in [0.25, 0.3) is 0 Å². The molecular weight excluding hydrogens is 264 g/mol. The van der Waals surface area contributed by atoms with E-state index in [1.54, 1.807) is 0 Å². The van der Waals surface area contributed by atoms with Crippen molar-refractivity contribution in [1.82, 2.24) is 4.73 Å². The predicted molar refractivity (Wildman–Crippen MR) is 52.5 cm³/mol. The molecule has 0 unspecified atom stereocenters. The second-order valence-corrected chi connectivity index (χ2v) is 3.73. The molecule has 0 atom stereocenters. The van der Waals surface area contributed by atoms with E-state index in [0.29, 0.717) is 4.73 Å². The van der Waals surface area contributed by atoms with E-state index in [2.05, 4.69) is 0 Å². The lowest BCUT2D eigenvalue weighted by Crippen LogP contribution is -1.98. The van der Waals surface area contributed by atoms with Crippen molar-refractivity contribution in [3.05, 3.63) is 24.9 Å². The normalized spacial score (nSPS) is 10.3. The van der Waals surface area contributed by atoms with Crippen molar-refractivity contribution in [2.75, 3.05) is 0 Å². The number of aromatic nitrogens is 1. The van der Waals surface area contributed by atoms with Crippen LogP contribution in [0, 0.1) is 4.51 Å². The summed E-state index contributed by atoms with van der Waals surface area (Å²) in [7, 11) is 0. The Morgan fingerprint density at radius 3 is 1.67 bits per heavy atom. The van der Waals surface area contributed by atoms with E-state index in [4.69, 9.17) is 63.8 Å². The first kappa shape index (κ1) is 10.4. The molecule has 0 spiro atoms. The van der Waals surface area contributed by atoms with Gasteiger partial charge in [-0.1, -0.05) is 58.6 Å². The summed E-state index contributed by atoms with van der Waals surface area (Å²) in [5.74, 6) is 0. The van der Waals surface area contributed by atoms with Crippen LogP contribution in [0.25, 0.3) is 0 Å². The van der Waals surface area contributed by atoms with Gasteiger partial charge in [0.2, 0.25) is 0 Å². The van der Waals surface area contributed by atoms with Crippen molar-refractivity contribution >= 4 is 58.6 Å². The van der Waals surface area contributed by atoms with Gasteiger partial charge in [0.05, 0.1) is 14.6 Å². The number of rotatable bonds is 0. The second kappa shape index (κ2) is 3.60.